The fourth-order valence-corrected chi connectivity index (χ4v) is 3.32. The van der Waals surface area contributed by atoms with Crippen LogP contribution in [0, 0.1) is 0 Å². The fraction of sp³-hybridized carbons (Fsp3) is 0.154. The highest BCUT2D eigenvalue weighted by Gasteiger charge is 2.18. The van der Waals surface area contributed by atoms with Crippen molar-refractivity contribution in [2.45, 2.75) is 11.4 Å². The van der Waals surface area contributed by atoms with Crippen LogP contribution in [0.3, 0.4) is 0 Å². The largest absolute Gasteiger partial charge is 0.340 e. The molecule has 2 aromatic heterocycles. The van der Waals surface area contributed by atoms with Gasteiger partial charge < -0.3 is 4.57 Å². The predicted octanol–water partition coefficient (Wildman–Crippen LogP) is 2.35. The van der Waals surface area contributed by atoms with Gasteiger partial charge in [-0.15, -0.1) is 0 Å². The molecular formula is C13H12ClN3O2S. The summed E-state index contributed by atoms with van der Waals surface area (Å²) in [7, 11) is 3.57. The predicted molar refractivity (Wildman–Crippen MR) is 77.3 cm³/mol. The maximum atomic E-state index is 11.6. The van der Waals surface area contributed by atoms with E-state index in [1.807, 2.05) is 36.0 Å². The second-order valence-corrected chi connectivity index (χ2v) is 7.09. The number of hydrogen-bond donors (Lipinski definition) is 0. The van der Waals surface area contributed by atoms with Crippen LogP contribution in [0.25, 0.3) is 10.9 Å². The molecule has 0 unspecified atom stereocenters. The SMILES string of the molecule is Cn1ccc(Cn2cc(S(=O)(=O)Cl)c3ccccc32)n1. The number of aromatic nitrogens is 3. The van der Waals surface area contributed by atoms with Gasteiger partial charge in [-0.2, -0.15) is 5.10 Å². The Kier molecular flexibility index (Phi) is 3.07. The van der Waals surface area contributed by atoms with E-state index < -0.39 is 9.05 Å². The zero-order valence-corrected chi connectivity index (χ0v) is 12.3. The van der Waals surface area contributed by atoms with Crippen LogP contribution in [0.1, 0.15) is 5.69 Å². The van der Waals surface area contributed by atoms with E-state index in [2.05, 4.69) is 5.10 Å². The summed E-state index contributed by atoms with van der Waals surface area (Å²) < 4.78 is 26.8. The Hall–Kier alpha value is -1.79. The Bertz CT molecular complexity index is 880. The van der Waals surface area contributed by atoms with Crippen molar-refractivity contribution in [2.75, 3.05) is 0 Å². The van der Waals surface area contributed by atoms with Crippen LogP contribution in [0.5, 0.6) is 0 Å². The van der Waals surface area contributed by atoms with Gasteiger partial charge >= 0.3 is 0 Å². The highest BCUT2D eigenvalue weighted by molar-refractivity contribution is 8.14. The topological polar surface area (TPSA) is 56.9 Å². The van der Waals surface area contributed by atoms with Gasteiger partial charge in [0.15, 0.2) is 0 Å². The Morgan fingerprint density at radius 1 is 1.25 bits per heavy atom. The molecule has 0 saturated carbocycles. The number of halogens is 1. The van der Waals surface area contributed by atoms with E-state index in [4.69, 9.17) is 10.7 Å². The molecule has 0 bridgehead atoms. The smallest absolute Gasteiger partial charge is 0.263 e. The first-order valence-corrected chi connectivity index (χ1v) is 8.27. The molecule has 1 aromatic carbocycles. The molecule has 0 atom stereocenters. The standard InChI is InChI=1S/C13H12ClN3O2S/c1-16-7-6-10(15-16)8-17-9-13(20(14,18)19)11-4-2-3-5-12(11)17/h2-7,9H,8H2,1H3. The third kappa shape index (κ3) is 2.32. The van der Waals surface area contributed by atoms with E-state index in [1.165, 1.54) is 0 Å². The molecule has 0 aliphatic carbocycles. The quantitative estimate of drug-likeness (QED) is 0.698. The van der Waals surface area contributed by atoms with Crippen molar-refractivity contribution >= 4 is 30.6 Å². The van der Waals surface area contributed by atoms with Gasteiger partial charge in [0.2, 0.25) is 0 Å². The van der Waals surface area contributed by atoms with Crippen LogP contribution in [-0.4, -0.2) is 22.8 Å². The van der Waals surface area contributed by atoms with Crippen molar-refractivity contribution in [2.24, 2.45) is 7.05 Å². The van der Waals surface area contributed by atoms with Crippen LogP contribution in [0.2, 0.25) is 0 Å². The molecule has 0 aliphatic heterocycles. The van der Waals surface area contributed by atoms with E-state index in [0.717, 1.165) is 11.2 Å². The van der Waals surface area contributed by atoms with E-state index in [1.54, 1.807) is 23.0 Å². The zero-order valence-electron chi connectivity index (χ0n) is 10.7. The average Bonchev–Trinajstić information content (AvgIpc) is 2.94. The second kappa shape index (κ2) is 4.64. The molecule has 0 fully saturated rings. The maximum absolute atomic E-state index is 11.6. The molecule has 0 saturated heterocycles. The molecule has 0 amide bonds. The monoisotopic (exact) mass is 309 g/mol. The minimum Gasteiger partial charge on any atom is -0.340 e. The summed E-state index contributed by atoms with van der Waals surface area (Å²) in [5, 5.41) is 4.92. The molecule has 0 N–H and O–H groups in total. The number of hydrogen-bond acceptors (Lipinski definition) is 3. The van der Waals surface area contributed by atoms with Crippen molar-refractivity contribution < 1.29 is 8.42 Å². The Balaban J connectivity index is 2.16. The van der Waals surface area contributed by atoms with Crippen molar-refractivity contribution in [3.05, 3.63) is 48.4 Å². The summed E-state index contributed by atoms with van der Waals surface area (Å²) in [6, 6.07) is 9.16. The summed E-state index contributed by atoms with van der Waals surface area (Å²) in [6.45, 7) is 0.494. The van der Waals surface area contributed by atoms with Gasteiger partial charge in [-0.25, -0.2) is 8.42 Å². The number of fused-ring (bicyclic) bond motifs is 1. The van der Waals surface area contributed by atoms with Gasteiger partial charge in [0.1, 0.15) is 4.90 Å². The van der Waals surface area contributed by atoms with Crippen molar-refractivity contribution in [3.63, 3.8) is 0 Å². The lowest BCUT2D eigenvalue weighted by atomic mass is 10.2. The Labute approximate surface area is 120 Å². The van der Waals surface area contributed by atoms with Crippen LogP contribution in [0.4, 0.5) is 0 Å². The van der Waals surface area contributed by atoms with E-state index in [-0.39, 0.29) is 4.90 Å². The van der Waals surface area contributed by atoms with Crippen molar-refractivity contribution in [3.8, 4) is 0 Å². The number of para-hydroxylation sites is 1. The first-order chi connectivity index (χ1) is 9.45. The van der Waals surface area contributed by atoms with E-state index >= 15 is 0 Å². The van der Waals surface area contributed by atoms with Crippen LogP contribution in [-0.2, 0) is 22.6 Å². The highest BCUT2D eigenvalue weighted by atomic mass is 35.7. The minimum absolute atomic E-state index is 0.130. The van der Waals surface area contributed by atoms with Crippen molar-refractivity contribution in [1.82, 2.24) is 14.3 Å². The summed E-state index contributed by atoms with van der Waals surface area (Å²) in [5.74, 6) is 0. The third-order valence-electron chi connectivity index (χ3n) is 3.12. The summed E-state index contributed by atoms with van der Waals surface area (Å²) in [5.41, 5.74) is 1.67. The summed E-state index contributed by atoms with van der Waals surface area (Å²) >= 11 is 0. The average molecular weight is 310 g/mol. The molecular weight excluding hydrogens is 298 g/mol. The number of benzene rings is 1. The van der Waals surface area contributed by atoms with E-state index in [9.17, 15) is 8.42 Å². The lowest BCUT2D eigenvalue weighted by Crippen LogP contribution is -2.00. The maximum Gasteiger partial charge on any atom is 0.263 e. The van der Waals surface area contributed by atoms with Gasteiger partial charge in [-0.1, -0.05) is 18.2 Å². The number of aryl methyl sites for hydroxylation is 1. The highest BCUT2D eigenvalue weighted by Crippen LogP contribution is 2.28. The molecule has 0 radical (unpaired) electrons. The molecule has 7 heteroatoms. The molecule has 5 nitrogen and oxygen atoms in total. The van der Waals surface area contributed by atoms with Crippen LogP contribution < -0.4 is 0 Å². The Morgan fingerprint density at radius 3 is 2.65 bits per heavy atom. The van der Waals surface area contributed by atoms with Gasteiger partial charge in [-0.05, 0) is 12.1 Å². The molecule has 2 heterocycles. The summed E-state index contributed by atoms with van der Waals surface area (Å²) in [6.07, 6.45) is 3.40. The van der Waals surface area contributed by atoms with Gasteiger partial charge in [-0.3, -0.25) is 4.68 Å². The van der Waals surface area contributed by atoms with Crippen molar-refractivity contribution in [1.29, 1.82) is 0 Å². The lowest BCUT2D eigenvalue weighted by molar-refractivity contribution is 0.609. The van der Waals surface area contributed by atoms with Gasteiger partial charge in [0.25, 0.3) is 9.05 Å². The molecule has 104 valence electrons. The number of nitrogens with zero attached hydrogens (tertiary/aromatic N) is 3. The molecule has 3 aromatic rings. The normalized spacial score (nSPS) is 12.1. The Morgan fingerprint density at radius 2 is 2.00 bits per heavy atom. The first-order valence-electron chi connectivity index (χ1n) is 5.96. The number of rotatable bonds is 3. The fourth-order valence-electron chi connectivity index (χ4n) is 2.26. The minimum atomic E-state index is -3.77. The molecule has 0 spiro atoms. The summed E-state index contributed by atoms with van der Waals surface area (Å²) in [4.78, 5) is 0.130. The molecule has 3 rings (SSSR count). The zero-order chi connectivity index (χ0) is 14.3. The van der Waals surface area contributed by atoms with Crippen LogP contribution >= 0.6 is 10.7 Å². The van der Waals surface area contributed by atoms with Gasteiger partial charge in [0, 0.05) is 41.0 Å². The van der Waals surface area contributed by atoms with Gasteiger partial charge in [0.05, 0.1) is 12.2 Å². The lowest BCUT2D eigenvalue weighted by Gasteiger charge is -2.01. The van der Waals surface area contributed by atoms with E-state index in [0.29, 0.717) is 11.9 Å². The van der Waals surface area contributed by atoms with Crippen LogP contribution in [0.15, 0.2) is 47.6 Å². The first kappa shape index (κ1) is 13.2. The molecule has 20 heavy (non-hydrogen) atoms. The second-order valence-electron chi connectivity index (χ2n) is 4.56. The molecule has 0 aliphatic rings. The third-order valence-corrected chi connectivity index (χ3v) is 4.47.